The number of carbonyl (C=O) groups excluding carboxylic acids is 1. The van der Waals surface area contributed by atoms with Gasteiger partial charge in [-0.15, -0.1) is 0 Å². The summed E-state index contributed by atoms with van der Waals surface area (Å²) in [4.78, 5) is 12.4. The third-order valence-electron chi connectivity index (χ3n) is 4.17. The number of hydrogen-bond donors (Lipinski definition) is 0. The van der Waals surface area contributed by atoms with Crippen molar-refractivity contribution >= 4 is 5.78 Å². The lowest BCUT2D eigenvalue weighted by molar-refractivity contribution is -0.130. The summed E-state index contributed by atoms with van der Waals surface area (Å²) in [5.41, 5.74) is -0.0576. The van der Waals surface area contributed by atoms with E-state index in [0.717, 1.165) is 18.5 Å². The van der Waals surface area contributed by atoms with E-state index in [1.54, 1.807) is 10.9 Å². The van der Waals surface area contributed by atoms with E-state index in [-0.39, 0.29) is 11.2 Å². The molecule has 0 N–H and O–H groups in total. The fraction of sp³-hybridized carbons (Fsp3) is 0.643. The monoisotopic (exact) mass is 245 g/mol. The van der Waals surface area contributed by atoms with Crippen LogP contribution in [-0.2, 0) is 18.3 Å². The molecule has 0 amide bonds. The molecule has 18 heavy (non-hydrogen) atoms. The smallest absolute Gasteiger partial charge is 0.158 e. The summed E-state index contributed by atoms with van der Waals surface area (Å²) in [6, 6.07) is 4.23. The Balaban J connectivity index is 2.14. The topological polar surface area (TPSA) is 58.7 Å². The van der Waals surface area contributed by atoms with Crippen molar-refractivity contribution in [2.75, 3.05) is 0 Å². The van der Waals surface area contributed by atoms with Crippen LogP contribution < -0.4 is 0 Å². The predicted octanol–water partition coefficient (Wildman–Crippen LogP) is 2.25. The molecule has 4 nitrogen and oxygen atoms in total. The number of hydrogen-bond acceptors (Lipinski definition) is 3. The lowest BCUT2D eigenvalue weighted by Gasteiger charge is -2.22. The third-order valence-corrected chi connectivity index (χ3v) is 4.17. The summed E-state index contributed by atoms with van der Waals surface area (Å²) in [5, 5.41) is 13.5. The zero-order valence-corrected chi connectivity index (χ0v) is 11.2. The molecule has 0 aromatic carbocycles. The Morgan fingerprint density at radius 2 is 2.22 bits per heavy atom. The van der Waals surface area contributed by atoms with Gasteiger partial charge in [0.1, 0.15) is 5.41 Å². The molecule has 0 saturated heterocycles. The van der Waals surface area contributed by atoms with Gasteiger partial charge in [-0.2, -0.15) is 10.4 Å². The van der Waals surface area contributed by atoms with Gasteiger partial charge in [-0.05, 0) is 31.7 Å². The number of aromatic nitrogens is 2. The molecule has 0 aliphatic heterocycles. The molecule has 1 aliphatic rings. The highest BCUT2D eigenvalue weighted by molar-refractivity contribution is 5.94. The summed E-state index contributed by atoms with van der Waals surface area (Å²) < 4.78 is 1.80. The quantitative estimate of drug-likeness (QED) is 0.820. The third kappa shape index (κ3) is 1.94. The van der Waals surface area contributed by atoms with Crippen LogP contribution in [0.4, 0.5) is 0 Å². The SMILES string of the molecule is Cn1nccc1CCC1(C#N)CCC(C)(C)C1=O. The van der Waals surface area contributed by atoms with Crippen molar-refractivity contribution in [3.05, 3.63) is 18.0 Å². The standard InChI is InChI=1S/C14H19N3O/c1-13(2)7-8-14(10-15,12(13)18)6-4-11-5-9-16-17(11)3/h5,9H,4,6-8H2,1-3H3. The highest BCUT2D eigenvalue weighted by atomic mass is 16.1. The minimum Gasteiger partial charge on any atom is -0.297 e. The predicted molar refractivity (Wildman–Crippen MR) is 67.6 cm³/mol. The van der Waals surface area contributed by atoms with E-state index < -0.39 is 5.41 Å². The molecular formula is C14H19N3O. The van der Waals surface area contributed by atoms with Gasteiger partial charge in [0, 0.05) is 24.4 Å². The molecule has 1 fully saturated rings. The van der Waals surface area contributed by atoms with Gasteiger partial charge in [0.2, 0.25) is 0 Å². The summed E-state index contributed by atoms with van der Waals surface area (Å²) in [7, 11) is 1.88. The van der Waals surface area contributed by atoms with Gasteiger partial charge < -0.3 is 0 Å². The van der Waals surface area contributed by atoms with Crippen LogP contribution >= 0.6 is 0 Å². The lowest BCUT2D eigenvalue weighted by Crippen LogP contribution is -2.31. The fourth-order valence-corrected chi connectivity index (χ4v) is 2.79. The minimum absolute atomic E-state index is 0.111. The van der Waals surface area contributed by atoms with Crippen LogP contribution in [0.15, 0.2) is 12.3 Å². The van der Waals surface area contributed by atoms with Crippen LogP contribution in [0.3, 0.4) is 0 Å². The van der Waals surface area contributed by atoms with Crippen LogP contribution in [0.25, 0.3) is 0 Å². The Bertz CT molecular complexity index is 509. The highest BCUT2D eigenvalue weighted by Crippen LogP contribution is 2.47. The first-order chi connectivity index (χ1) is 8.41. The second-order valence-corrected chi connectivity index (χ2v) is 5.85. The summed E-state index contributed by atoms with van der Waals surface area (Å²) in [6.07, 6.45) is 4.57. The molecule has 1 atom stereocenters. The van der Waals surface area contributed by atoms with Gasteiger partial charge in [-0.25, -0.2) is 0 Å². The van der Waals surface area contributed by atoms with Crippen molar-refractivity contribution in [2.45, 2.75) is 39.5 Å². The number of Topliss-reactive ketones (excluding diaryl/α,β-unsaturated/α-hetero) is 1. The molecule has 0 radical (unpaired) electrons. The van der Waals surface area contributed by atoms with Gasteiger partial charge in [-0.3, -0.25) is 9.48 Å². The van der Waals surface area contributed by atoms with Crippen LogP contribution in [0.5, 0.6) is 0 Å². The Hall–Kier alpha value is -1.63. The molecule has 1 aliphatic carbocycles. The van der Waals surface area contributed by atoms with E-state index in [0.29, 0.717) is 12.8 Å². The molecule has 0 spiro atoms. The van der Waals surface area contributed by atoms with Gasteiger partial charge in [-0.1, -0.05) is 13.8 Å². The molecule has 1 aromatic rings. The van der Waals surface area contributed by atoms with E-state index in [4.69, 9.17) is 0 Å². The summed E-state index contributed by atoms with van der Waals surface area (Å²) >= 11 is 0. The first-order valence-corrected chi connectivity index (χ1v) is 6.34. The molecule has 1 aromatic heterocycles. The van der Waals surface area contributed by atoms with Gasteiger partial charge in [0.05, 0.1) is 6.07 Å². The normalized spacial score (nSPS) is 26.2. The van der Waals surface area contributed by atoms with E-state index >= 15 is 0 Å². The maximum atomic E-state index is 12.4. The Morgan fingerprint density at radius 3 is 2.67 bits per heavy atom. The zero-order valence-electron chi connectivity index (χ0n) is 11.2. The second kappa shape index (κ2) is 4.24. The first-order valence-electron chi connectivity index (χ1n) is 6.34. The molecule has 1 heterocycles. The Kier molecular flexibility index (Phi) is 3.02. The molecule has 1 unspecified atom stereocenters. The van der Waals surface area contributed by atoms with Crippen molar-refractivity contribution in [1.29, 1.82) is 5.26 Å². The largest absolute Gasteiger partial charge is 0.297 e. The van der Waals surface area contributed by atoms with E-state index in [1.807, 2.05) is 27.0 Å². The van der Waals surface area contributed by atoms with Crippen molar-refractivity contribution in [2.24, 2.45) is 17.9 Å². The Labute approximate surface area is 108 Å². The van der Waals surface area contributed by atoms with Crippen LogP contribution in [0, 0.1) is 22.2 Å². The minimum atomic E-state index is -0.784. The van der Waals surface area contributed by atoms with E-state index in [2.05, 4.69) is 11.2 Å². The average molecular weight is 245 g/mol. The molecule has 4 heteroatoms. The molecule has 96 valence electrons. The number of nitriles is 1. The maximum absolute atomic E-state index is 12.4. The summed E-state index contributed by atoms with van der Waals surface area (Å²) in [6.45, 7) is 3.89. The summed E-state index contributed by atoms with van der Waals surface area (Å²) in [5.74, 6) is 0.111. The van der Waals surface area contributed by atoms with Crippen molar-refractivity contribution in [3.8, 4) is 6.07 Å². The second-order valence-electron chi connectivity index (χ2n) is 5.85. The van der Waals surface area contributed by atoms with E-state index in [9.17, 15) is 10.1 Å². The molecule has 1 saturated carbocycles. The van der Waals surface area contributed by atoms with Gasteiger partial charge in [0.25, 0.3) is 0 Å². The number of carbonyl (C=O) groups is 1. The molecular weight excluding hydrogens is 226 g/mol. The van der Waals surface area contributed by atoms with Gasteiger partial charge in [0.15, 0.2) is 5.78 Å². The van der Waals surface area contributed by atoms with Crippen molar-refractivity contribution < 1.29 is 4.79 Å². The van der Waals surface area contributed by atoms with E-state index in [1.165, 1.54) is 0 Å². The first kappa shape index (κ1) is 12.8. The number of rotatable bonds is 3. The van der Waals surface area contributed by atoms with Gasteiger partial charge >= 0.3 is 0 Å². The lowest BCUT2D eigenvalue weighted by atomic mass is 9.77. The molecule has 0 bridgehead atoms. The maximum Gasteiger partial charge on any atom is 0.158 e. The highest BCUT2D eigenvalue weighted by Gasteiger charge is 2.51. The molecule has 2 rings (SSSR count). The van der Waals surface area contributed by atoms with Crippen LogP contribution in [0.1, 0.15) is 38.8 Å². The van der Waals surface area contributed by atoms with Crippen molar-refractivity contribution in [1.82, 2.24) is 9.78 Å². The number of aryl methyl sites for hydroxylation is 2. The fourth-order valence-electron chi connectivity index (χ4n) is 2.79. The average Bonchev–Trinajstić information content (AvgIpc) is 2.83. The van der Waals surface area contributed by atoms with Crippen molar-refractivity contribution in [3.63, 3.8) is 0 Å². The zero-order chi connectivity index (χ0) is 13.4. The number of ketones is 1. The van der Waals surface area contributed by atoms with Crippen LogP contribution in [-0.4, -0.2) is 15.6 Å². The number of nitrogens with zero attached hydrogens (tertiary/aromatic N) is 3. The van der Waals surface area contributed by atoms with Crippen LogP contribution in [0.2, 0.25) is 0 Å². The Morgan fingerprint density at radius 1 is 1.50 bits per heavy atom.